The maximum Gasteiger partial charge on any atom is 0.293 e. The van der Waals surface area contributed by atoms with Crippen molar-refractivity contribution in [2.45, 2.75) is 31.3 Å². The normalized spacial score (nSPS) is 23.8. The molecule has 0 saturated carbocycles. The molecule has 0 spiro atoms. The summed E-state index contributed by atoms with van der Waals surface area (Å²) in [6.45, 7) is 1.83. The number of benzene rings is 1. The lowest BCUT2D eigenvalue weighted by Gasteiger charge is -2.26. The van der Waals surface area contributed by atoms with E-state index in [2.05, 4.69) is 10.5 Å². The van der Waals surface area contributed by atoms with E-state index in [0.717, 1.165) is 37.9 Å². The van der Waals surface area contributed by atoms with Gasteiger partial charge in [0.25, 0.3) is 5.91 Å². The van der Waals surface area contributed by atoms with E-state index in [0.29, 0.717) is 22.5 Å². The van der Waals surface area contributed by atoms with Crippen molar-refractivity contribution in [1.82, 2.24) is 15.4 Å². The molecule has 2 unspecified atom stereocenters. The molecule has 2 fully saturated rings. The number of carbonyl (C=O) groups excluding carboxylic acids is 1. The number of amides is 1. The molecule has 120 valence electrons. The second kappa shape index (κ2) is 5.98. The smallest absolute Gasteiger partial charge is 0.293 e. The fourth-order valence-corrected chi connectivity index (χ4v) is 3.79. The van der Waals surface area contributed by atoms with Crippen LogP contribution in [0.3, 0.4) is 0 Å². The Kier molecular flexibility index (Phi) is 3.83. The molecule has 3 heterocycles. The van der Waals surface area contributed by atoms with E-state index < -0.39 is 0 Å². The Morgan fingerprint density at radius 2 is 2.13 bits per heavy atom. The van der Waals surface area contributed by atoms with Gasteiger partial charge in [0.05, 0.1) is 0 Å². The van der Waals surface area contributed by atoms with Gasteiger partial charge in [-0.15, -0.1) is 0 Å². The van der Waals surface area contributed by atoms with Crippen molar-refractivity contribution in [2.75, 3.05) is 13.1 Å². The van der Waals surface area contributed by atoms with E-state index in [1.54, 1.807) is 12.1 Å². The first-order valence-corrected chi connectivity index (χ1v) is 8.36. The van der Waals surface area contributed by atoms with Crippen LogP contribution in [0, 0.1) is 0 Å². The highest BCUT2D eigenvalue weighted by atomic mass is 35.5. The molecule has 1 amide bonds. The molecule has 2 saturated heterocycles. The minimum atomic E-state index is -0.0537. The van der Waals surface area contributed by atoms with Crippen molar-refractivity contribution in [3.05, 3.63) is 41.1 Å². The van der Waals surface area contributed by atoms with Crippen LogP contribution in [0.25, 0.3) is 11.3 Å². The van der Waals surface area contributed by atoms with Gasteiger partial charge in [0.2, 0.25) is 5.76 Å². The number of hydrogen-bond donors (Lipinski definition) is 1. The maximum absolute atomic E-state index is 12.9. The van der Waals surface area contributed by atoms with Crippen molar-refractivity contribution in [3.63, 3.8) is 0 Å². The molecular weight excluding hydrogens is 314 g/mol. The number of aromatic nitrogens is 1. The largest absolute Gasteiger partial charge is 0.350 e. The summed E-state index contributed by atoms with van der Waals surface area (Å²) in [6.07, 6.45) is 3.13. The Morgan fingerprint density at radius 3 is 3.00 bits per heavy atom. The molecule has 1 aromatic heterocycles. The summed E-state index contributed by atoms with van der Waals surface area (Å²) in [5.74, 6) is 0.251. The third-order valence-corrected chi connectivity index (χ3v) is 4.97. The van der Waals surface area contributed by atoms with E-state index in [4.69, 9.17) is 16.1 Å². The van der Waals surface area contributed by atoms with Gasteiger partial charge in [-0.25, -0.2) is 0 Å². The molecule has 2 aromatic rings. The van der Waals surface area contributed by atoms with Gasteiger partial charge in [-0.1, -0.05) is 28.9 Å². The van der Waals surface area contributed by atoms with Gasteiger partial charge in [0.15, 0.2) is 0 Å². The Balaban J connectivity index is 1.60. The van der Waals surface area contributed by atoms with Crippen LogP contribution >= 0.6 is 11.6 Å². The fraction of sp³-hybridized carbons (Fsp3) is 0.412. The molecule has 2 aliphatic rings. The van der Waals surface area contributed by atoms with Crippen molar-refractivity contribution in [2.24, 2.45) is 0 Å². The Bertz CT molecular complexity index is 716. The van der Waals surface area contributed by atoms with Gasteiger partial charge < -0.3 is 14.7 Å². The Labute approximate surface area is 139 Å². The maximum atomic E-state index is 12.9. The molecule has 23 heavy (non-hydrogen) atoms. The van der Waals surface area contributed by atoms with Crippen LogP contribution in [-0.4, -0.2) is 41.1 Å². The number of rotatable bonds is 2. The van der Waals surface area contributed by atoms with Crippen LogP contribution in [0.5, 0.6) is 0 Å². The number of hydrogen-bond acceptors (Lipinski definition) is 4. The molecular formula is C17H18ClN3O2. The average Bonchev–Trinajstić information content (AvgIpc) is 3.11. The monoisotopic (exact) mass is 331 g/mol. The predicted octanol–water partition coefficient (Wildman–Crippen LogP) is 2.96. The summed E-state index contributed by atoms with van der Waals surface area (Å²) in [4.78, 5) is 14.9. The van der Waals surface area contributed by atoms with Gasteiger partial charge in [-0.2, -0.15) is 0 Å². The van der Waals surface area contributed by atoms with E-state index in [-0.39, 0.29) is 11.9 Å². The SMILES string of the molecule is O=C(c1cc(-c2cccc(Cl)c2)no1)N1C2CCNCC1CC2. The lowest BCUT2D eigenvalue weighted by molar-refractivity contribution is 0.0637. The third kappa shape index (κ3) is 2.75. The van der Waals surface area contributed by atoms with E-state index >= 15 is 0 Å². The molecule has 1 aromatic carbocycles. The number of nitrogens with one attached hydrogen (secondary N) is 1. The molecule has 1 N–H and O–H groups in total. The first-order chi connectivity index (χ1) is 11.2. The minimum absolute atomic E-state index is 0.0537. The summed E-state index contributed by atoms with van der Waals surface area (Å²) < 4.78 is 5.33. The highest BCUT2D eigenvalue weighted by Crippen LogP contribution is 2.30. The standard InChI is InChI=1S/C17H18ClN3O2/c18-12-3-1-2-11(8-12)15-9-16(23-20-15)17(22)21-13-4-5-14(21)10-19-7-6-13/h1-3,8-9,13-14,19H,4-7,10H2. The zero-order chi connectivity index (χ0) is 15.8. The highest BCUT2D eigenvalue weighted by Gasteiger charge is 2.39. The molecule has 5 nitrogen and oxygen atoms in total. The van der Waals surface area contributed by atoms with Crippen molar-refractivity contribution in [1.29, 1.82) is 0 Å². The topological polar surface area (TPSA) is 58.4 Å². The van der Waals surface area contributed by atoms with Crippen LogP contribution in [0.4, 0.5) is 0 Å². The number of halogens is 1. The third-order valence-electron chi connectivity index (χ3n) is 4.73. The lowest BCUT2D eigenvalue weighted by atomic mass is 10.1. The summed E-state index contributed by atoms with van der Waals surface area (Å²) >= 11 is 6.01. The average molecular weight is 332 g/mol. The second-order valence-electron chi connectivity index (χ2n) is 6.18. The van der Waals surface area contributed by atoms with E-state index in [1.807, 2.05) is 23.1 Å². The first kappa shape index (κ1) is 14.7. The van der Waals surface area contributed by atoms with E-state index in [1.165, 1.54) is 0 Å². The molecule has 0 aliphatic carbocycles. The highest BCUT2D eigenvalue weighted by molar-refractivity contribution is 6.30. The summed E-state index contributed by atoms with van der Waals surface area (Å²) in [5, 5.41) is 8.07. The van der Waals surface area contributed by atoms with Crippen molar-refractivity contribution in [3.8, 4) is 11.3 Å². The van der Waals surface area contributed by atoms with Crippen LogP contribution in [-0.2, 0) is 0 Å². The Hall–Kier alpha value is -1.85. The van der Waals surface area contributed by atoms with Gasteiger partial charge in [0, 0.05) is 35.3 Å². The Morgan fingerprint density at radius 1 is 1.26 bits per heavy atom. The molecule has 6 heteroatoms. The number of carbonyl (C=O) groups is 1. The number of fused-ring (bicyclic) bond motifs is 2. The van der Waals surface area contributed by atoms with Gasteiger partial charge in [-0.3, -0.25) is 4.79 Å². The van der Waals surface area contributed by atoms with Crippen LogP contribution in [0.1, 0.15) is 29.8 Å². The molecule has 2 atom stereocenters. The minimum Gasteiger partial charge on any atom is -0.350 e. The summed E-state index contributed by atoms with van der Waals surface area (Å²) in [5.41, 5.74) is 1.48. The van der Waals surface area contributed by atoms with Gasteiger partial charge >= 0.3 is 0 Å². The molecule has 0 radical (unpaired) electrons. The molecule has 2 bridgehead atoms. The molecule has 4 rings (SSSR count). The van der Waals surface area contributed by atoms with Crippen LogP contribution in [0.2, 0.25) is 5.02 Å². The predicted molar refractivity (Wildman–Crippen MR) is 87.4 cm³/mol. The van der Waals surface area contributed by atoms with Gasteiger partial charge in [-0.05, 0) is 37.9 Å². The quantitative estimate of drug-likeness (QED) is 0.919. The number of nitrogens with zero attached hydrogens (tertiary/aromatic N) is 2. The zero-order valence-corrected chi connectivity index (χ0v) is 13.4. The second-order valence-corrected chi connectivity index (χ2v) is 6.61. The van der Waals surface area contributed by atoms with Crippen LogP contribution < -0.4 is 5.32 Å². The molecule has 2 aliphatic heterocycles. The van der Waals surface area contributed by atoms with Gasteiger partial charge in [0.1, 0.15) is 5.69 Å². The first-order valence-electron chi connectivity index (χ1n) is 7.98. The van der Waals surface area contributed by atoms with E-state index in [9.17, 15) is 4.79 Å². The fourth-order valence-electron chi connectivity index (χ4n) is 3.60. The zero-order valence-electron chi connectivity index (χ0n) is 12.7. The summed E-state index contributed by atoms with van der Waals surface area (Å²) in [7, 11) is 0. The lowest BCUT2D eigenvalue weighted by Crippen LogP contribution is -2.42. The summed E-state index contributed by atoms with van der Waals surface area (Å²) in [6, 6.07) is 9.65. The van der Waals surface area contributed by atoms with Crippen molar-refractivity contribution < 1.29 is 9.32 Å². The van der Waals surface area contributed by atoms with Crippen LogP contribution in [0.15, 0.2) is 34.9 Å². The van der Waals surface area contributed by atoms with Crippen molar-refractivity contribution >= 4 is 17.5 Å².